The second-order valence-electron chi connectivity index (χ2n) is 18.4. The Morgan fingerprint density at radius 1 is 0.718 bits per heavy atom. The number of methoxy groups -OCH3 is 1. The average Bonchev–Trinajstić information content (AvgIpc) is 3.92. The van der Waals surface area contributed by atoms with Crippen LogP contribution in [-0.4, -0.2) is 193 Å². The van der Waals surface area contributed by atoms with Crippen LogP contribution in [0.4, 0.5) is 0 Å². The Balaban J connectivity index is 2.34. The maximum absolute atomic E-state index is 14.3. The lowest BCUT2D eigenvalue weighted by Crippen LogP contribution is -2.63. The molecule has 1 aromatic carbocycles. The van der Waals surface area contributed by atoms with Gasteiger partial charge >= 0.3 is 5.97 Å². The Kier molecular flexibility index (Phi) is 31.0. The van der Waals surface area contributed by atoms with E-state index in [1.807, 2.05) is 0 Å². The molecule has 30 nitrogen and oxygen atoms in total. The standard InChI is InChI=1S/C48H83N17O13/c1-78-28-16-14-27(15-17-28)23-33(42(71)60-30(10-3-5-19-50)41(70)61-32(47(76)77)12-7-21-57-48(55)56)62-43(72)34-13-8-22-65(34)46(75)31(11-6-20-51)59-37(68)26-58-44(73)38(35(66)24-52)64-45(74)39(36(67)25-53)63-40(69)29(54)9-2-4-18-49/h12,14-17,29-31,33-36,38-39,66-67H,2-11,13,18-26,49-54H2,1H3,(H,58,73)(H,59,68)(H,60,71)(H,61,70)(H,62,72)(H,63,69)(H,64,74)(H,76,77)(H4,55,56,57)/b32-12-/t29?,30-,31+,33-,34-,35-,36-,38-,39-/m0/s1. The van der Waals surface area contributed by atoms with Crippen LogP contribution in [-0.2, 0) is 49.6 Å². The molecule has 438 valence electrons. The zero-order valence-electron chi connectivity index (χ0n) is 44.2. The van der Waals surface area contributed by atoms with Gasteiger partial charge in [0.1, 0.15) is 47.7 Å². The van der Waals surface area contributed by atoms with E-state index in [4.69, 9.17) is 50.6 Å². The number of aliphatic hydroxyl groups is 2. The van der Waals surface area contributed by atoms with Crippen LogP contribution < -0.4 is 87.8 Å². The van der Waals surface area contributed by atoms with E-state index in [1.165, 1.54) is 18.1 Å². The summed E-state index contributed by atoms with van der Waals surface area (Å²) in [7, 11) is 1.47. The second kappa shape index (κ2) is 36.1. The van der Waals surface area contributed by atoms with E-state index in [1.54, 1.807) is 24.3 Å². The van der Waals surface area contributed by atoms with Crippen molar-refractivity contribution in [2.75, 3.05) is 59.5 Å². The third-order valence-corrected chi connectivity index (χ3v) is 12.4. The summed E-state index contributed by atoms with van der Waals surface area (Å²) in [5.41, 5.74) is 44.9. The van der Waals surface area contributed by atoms with Crippen molar-refractivity contribution in [3.8, 4) is 5.75 Å². The van der Waals surface area contributed by atoms with Crippen molar-refractivity contribution in [2.24, 2.45) is 50.9 Å². The SMILES string of the molecule is COc1ccc(C[C@H](NC(=O)[C@@H]2CCCN2C(=O)[C@@H](CCCN)NC(=O)CNC(=O)[C@@H](NC(=O)[C@@H](NC(=O)C(N)CCCCN)[C@@H](O)CN)[C@@H](O)CN)C(=O)N[C@@H](CCCCN)C(=O)N/C(=C\CCN=C(N)N)C(=O)O)cc1. The number of unbranched alkanes of at least 4 members (excludes halogenated alkanes) is 2. The van der Waals surface area contributed by atoms with Crippen molar-refractivity contribution < 1.29 is 63.2 Å². The van der Waals surface area contributed by atoms with Crippen molar-refractivity contribution in [1.29, 1.82) is 0 Å². The number of ether oxygens (including phenoxy) is 1. The third kappa shape index (κ3) is 23.3. The molecule has 1 aromatic rings. The molecule has 1 heterocycles. The van der Waals surface area contributed by atoms with Crippen LogP contribution in [0, 0.1) is 0 Å². The van der Waals surface area contributed by atoms with Gasteiger partial charge in [-0.1, -0.05) is 24.6 Å². The number of amides is 8. The molecule has 0 aromatic heterocycles. The Hall–Kier alpha value is -7.06. The minimum absolute atomic E-state index is 0.0111. The molecule has 30 heteroatoms. The molecule has 0 spiro atoms. The van der Waals surface area contributed by atoms with Crippen LogP contribution >= 0.6 is 0 Å². The summed E-state index contributed by atoms with van der Waals surface area (Å²) in [6.07, 6.45) is 0.567. The fraction of sp³-hybridized carbons (Fsp3) is 0.625. The number of benzene rings is 1. The minimum Gasteiger partial charge on any atom is -0.497 e. The molecule has 1 aliphatic heterocycles. The molecule has 78 heavy (non-hydrogen) atoms. The molecule has 1 saturated heterocycles. The number of likely N-dealkylation sites (tertiary alicyclic amines) is 1. The number of carboxylic acid groups (broad SMARTS) is 1. The van der Waals surface area contributed by atoms with Crippen molar-refractivity contribution in [3.63, 3.8) is 0 Å². The van der Waals surface area contributed by atoms with Gasteiger partial charge in [-0.2, -0.15) is 0 Å². The molecule has 9 atom stereocenters. The summed E-state index contributed by atoms with van der Waals surface area (Å²) in [6, 6.07) is -3.16. The van der Waals surface area contributed by atoms with E-state index in [9.17, 15) is 58.5 Å². The summed E-state index contributed by atoms with van der Waals surface area (Å²) in [6.45, 7) is -1.06. The lowest BCUT2D eigenvalue weighted by Gasteiger charge is -2.30. The van der Waals surface area contributed by atoms with Gasteiger partial charge in [-0.15, -0.1) is 0 Å². The molecular weight excluding hydrogens is 1020 g/mol. The first-order chi connectivity index (χ1) is 37.2. The van der Waals surface area contributed by atoms with Crippen molar-refractivity contribution >= 4 is 59.2 Å². The third-order valence-electron chi connectivity index (χ3n) is 12.4. The lowest BCUT2D eigenvalue weighted by molar-refractivity contribution is -0.142. The van der Waals surface area contributed by atoms with E-state index >= 15 is 0 Å². The van der Waals surface area contributed by atoms with Gasteiger partial charge in [-0.05, 0) is 102 Å². The zero-order valence-corrected chi connectivity index (χ0v) is 44.2. The van der Waals surface area contributed by atoms with Crippen molar-refractivity contribution in [3.05, 3.63) is 41.6 Å². The fourth-order valence-corrected chi connectivity index (χ4v) is 8.02. The van der Waals surface area contributed by atoms with Crippen LogP contribution in [0.3, 0.4) is 0 Å². The number of nitrogens with zero attached hydrogens (tertiary/aromatic N) is 2. The largest absolute Gasteiger partial charge is 0.497 e. The summed E-state index contributed by atoms with van der Waals surface area (Å²) >= 11 is 0. The quantitative estimate of drug-likeness (QED) is 0.0127. The predicted molar refractivity (Wildman–Crippen MR) is 285 cm³/mol. The Morgan fingerprint density at radius 2 is 1.31 bits per heavy atom. The molecule has 1 unspecified atom stereocenters. The van der Waals surface area contributed by atoms with Gasteiger partial charge in [-0.3, -0.25) is 43.3 Å². The number of hydrogen-bond acceptors (Lipinski definition) is 19. The maximum Gasteiger partial charge on any atom is 0.352 e. The average molecular weight is 1110 g/mol. The number of carbonyl (C=O) groups excluding carboxylic acids is 8. The molecular formula is C48H83N17O13. The normalized spacial score (nSPS) is 16.3. The lowest BCUT2D eigenvalue weighted by atomic mass is 10.0. The molecule has 8 amide bonds. The number of rotatable bonds is 37. The highest BCUT2D eigenvalue weighted by molar-refractivity contribution is 5.99. The molecule has 1 fully saturated rings. The summed E-state index contributed by atoms with van der Waals surface area (Å²) in [4.78, 5) is 127. The smallest absolute Gasteiger partial charge is 0.352 e. The highest BCUT2D eigenvalue weighted by Gasteiger charge is 2.40. The van der Waals surface area contributed by atoms with Gasteiger partial charge in [0.05, 0.1) is 31.9 Å². The first-order valence-corrected chi connectivity index (χ1v) is 25.8. The first kappa shape index (κ1) is 67.1. The van der Waals surface area contributed by atoms with Gasteiger partial charge in [0.2, 0.25) is 47.3 Å². The van der Waals surface area contributed by atoms with Gasteiger partial charge < -0.3 is 108 Å². The minimum atomic E-state index is -1.83. The molecule has 0 bridgehead atoms. The van der Waals surface area contributed by atoms with E-state index in [-0.39, 0.29) is 77.1 Å². The molecule has 0 aliphatic carbocycles. The van der Waals surface area contributed by atoms with Gasteiger partial charge in [0, 0.05) is 32.6 Å². The van der Waals surface area contributed by atoms with E-state index in [0.29, 0.717) is 50.0 Å². The number of nitrogens with two attached hydrogens (primary N) is 8. The van der Waals surface area contributed by atoms with Crippen LogP contribution in [0.2, 0.25) is 0 Å². The number of aliphatic carboxylic acids is 1. The monoisotopic (exact) mass is 1110 g/mol. The number of guanidine groups is 1. The van der Waals surface area contributed by atoms with E-state index in [0.717, 1.165) is 0 Å². The Labute approximate surface area is 452 Å². The van der Waals surface area contributed by atoms with E-state index < -0.39 is 133 Å². The highest BCUT2D eigenvalue weighted by Crippen LogP contribution is 2.21. The zero-order chi connectivity index (χ0) is 58.3. The maximum atomic E-state index is 14.3. The number of carbonyl (C=O) groups is 9. The molecule has 1 aliphatic rings. The van der Waals surface area contributed by atoms with Gasteiger partial charge in [0.25, 0.3) is 0 Å². The number of hydrogen-bond donors (Lipinski definition) is 18. The summed E-state index contributed by atoms with van der Waals surface area (Å²) in [5.74, 6) is -8.26. The Bertz CT molecular complexity index is 2180. The molecule has 26 N–H and O–H groups in total. The second-order valence-corrected chi connectivity index (χ2v) is 18.4. The van der Waals surface area contributed by atoms with Gasteiger partial charge in [-0.25, -0.2) is 4.79 Å². The highest BCUT2D eigenvalue weighted by atomic mass is 16.5. The number of aliphatic hydroxyl groups excluding tert-OH is 2. The van der Waals surface area contributed by atoms with Crippen LogP contribution in [0.25, 0.3) is 0 Å². The number of aliphatic imine (C=N–C) groups is 1. The number of carboxylic acids is 1. The Morgan fingerprint density at radius 3 is 1.88 bits per heavy atom. The molecule has 0 saturated carbocycles. The first-order valence-electron chi connectivity index (χ1n) is 25.8. The molecule has 2 rings (SSSR count). The summed E-state index contributed by atoms with van der Waals surface area (Å²) < 4.78 is 5.26. The number of nitrogens with one attached hydrogen (secondary N) is 7. The van der Waals surface area contributed by atoms with Gasteiger partial charge in [0.15, 0.2) is 5.96 Å². The molecule has 0 radical (unpaired) electrons. The van der Waals surface area contributed by atoms with Crippen LogP contribution in [0.5, 0.6) is 5.75 Å². The predicted octanol–water partition coefficient (Wildman–Crippen LogP) is -7.52. The van der Waals surface area contributed by atoms with Crippen LogP contribution in [0.1, 0.15) is 76.2 Å². The van der Waals surface area contributed by atoms with Crippen molar-refractivity contribution in [1.82, 2.24) is 42.1 Å². The summed E-state index contributed by atoms with van der Waals surface area (Å²) in [5, 5.41) is 48.1. The fourth-order valence-electron chi connectivity index (χ4n) is 8.02. The topological polar surface area (TPSA) is 532 Å². The van der Waals surface area contributed by atoms with Crippen LogP contribution in [0.15, 0.2) is 41.0 Å². The van der Waals surface area contributed by atoms with E-state index in [2.05, 4.69) is 42.2 Å². The van der Waals surface area contributed by atoms with Crippen molar-refractivity contribution in [2.45, 2.75) is 132 Å².